The van der Waals surface area contributed by atoms with E-state index in [0.29, 0.717) is 32.7 Å². The van der Waals surface area contributed by atoms with E-state index in [1.54, 1.807) is 0 Å². The first kappa shape index (κ1) is 15.6. The topological polar surface area (TPSA) is 61.6 Å². The lowest BCUT2D eigenvalue weighted by Crippen LogP contribution is -2.50. The van der Waals surface area contributed by atoms with Crippen LogP contribution in [0.1, 0.15) is 0 Å². The summed E-state index contributed by atoms with van der Waals surface area (Å²) in [5.74, 6) is -4.29. The molecular weight excluding hydrogens is 285 g/mol. The molecule has 21 heavy (non-hydrogen) atoms. The number of hydrogen-bond acceptors (Lipinski definition) is 3. The minimum atomic E-state index is -1.60. The molecule has 0 atom stereocenters. The van der Waals surface area contributed by atoms with Crippen LogP contribution in [0.4, 0.5) is 23.7 Å². The van der Waals surface area contributed by atoms with Gasteiger partial charge in [0.25, 0.3) is 0 Å². The maximum absolute atomic E-state index is 13.5. The summed E-state index contributed by atoms with van der Waals surface area (Å²) in [4.78, 5) is 15.6. The SMILES string of the molecule is NCCN1CCN(C(=O)Nc2ccc(F)c(F)c2F)CC1. The van der Waals surface area contributed by atoms with Gasteiger partial charge in [0, 0.05) is 39.3 Å². The Morgan fingerprint density at radius 2 is 1.81 bits per heavy atom. The molecule has 5 nitrogen and oxygen atoms in total. The van der Waals surface area contributed by atoms with Crippen molar-refractivity contribution < 1.29 is 18.0 Å². The van der Waals surface area contributed by atoms with Crippen molar-refractivity contribution in [2.75, 3.05) is 44.6 Å². The van der Waals surface area contributed by atoms with Crippen LogP contribution in [0.2, 0.25) is 0 Å². The number of anilines is 1. The molecule has 1 aromatic carbocycles. The summed E-state index contributed by atoms with van der Waals surface area (Å²) in [6, 6.07) is 1.23. The average molecular weight is 302 g/mol. The number of rotatable bonds is 3. The largest absolute Gasteiger partial charge is 0.329 e. The monoisotopic (exact) mass is 302 g/mol. The average Bonchev–Trinajstić information content (AvgIpc) is 2.49. The van der Waals surface area contributed by atoms with E-state index < -0.39 is 23.5 Å². The number of urea groups is 1. The summed E-state index contributed by atoms with van der Waals surface area (Å²) in [6.07, 6.45) is 0. The fourth-order valence-corrected chi connectivity index (χ4v) is 2.17. The van der Waals surface area contributed by atoms with Crippen molar-refractivity contribution in [1.82, 2.24) is 9.80 Å². The summed E-state index contributed by atoms with van der Waals surface area (Å²) in [5, 5.41) is 2.26. The zero-order chi connectivity index (χ0) is 15.4. The second-order valence-electron chi connectivity index (χ2n) is 4.77. The van der Waals surface area contributed by atoms with E-state index in [2.05, 4.69) is 10.2 Å². The molecule has 8 heteroatoms. The first-order chi connectivity index (χ1) is 10.0. The van der Waals surface area contributed by atoms with Crippen molar-refractivity contribution in [2.24, 2.45) is 5.73 Å². The minimum absolute atomic E-state index is 0.372. The van der Waals surface area contributed by atoms with Gasteiger partial charge in [0.2, 0.25) is 0 Å². The zero-order valence-electron chi connectivity index (χ0n) is 11.4. The quantitative estimate of drug-likeness (QED) is 0.825. The Balaban J connectivity index is 1.95. The molecule has 1 aromatic rings. The van der Waals surface area contributed by atoms with Gasteiger partial charge in [-0.05, 0) is 12.1 Å². The van der Waals surface area contributed by atoms with E-state index in [9.17, 15) is 18.0 Å². The number of carbonyl (C=O) groups is 1. The number of piperazine rings is 1. The Hall–Kier alpha value is -1.80. The van der Waals surface area contributed by atoms with E-state index in [0.717, 1.165) is 18.7 Å². The minimum Gasteiger partial charge on any atom is -0.329 e. The molecule has 1 aliphatic heterocycles. The maximum atomic E-state index is 13.5. The second kappa shape index (κ2) is 6.77. The highest BCUT2D eigenvalue weighted by molar-refractivity contribution is 5.89. The molecule has 1 aliphatic rings. The van der Waals surface area contributed by atoms with Crippen LogP contribution in [-0.2, 0) is 0 Å². The number of nitrogens with one attached hydrogen (secondary N) is 1. The highest BCUT2D eigenvalue weighted by Gasteiger charge is 2.22. The van der Waals surface area contributed by atoms with Crippen LogP contribution < -0.4 is 11.1 Å². The van der Waals surface area contributed by atoms with Gasteiger partial charge < -0.3 is 16.0 Å². The van der Waals surface area contributed by atoms with E-state index in [4.69, 9.17) is 5.73 Å². The van der Waals surface area contributed by atoms with Crippen molar-refractivity contribution in [3.8, 4) is 0 Å². The molecule has 0 spiro atoms. The van der Waals surface area contributed by atoms with Crippen molar-refractivity contribution in [3.05, 3.63) is 29.6 Å². The number of nitrogens with two attached hydrogens (primary N) is 1. The van der Waals surface area contributed by atoms with Gasteiger partial charge in [-0.25, -0.2) is 18.0 Å². The number of benzene rings is 1. The molecule has 0 bridgehead atoms. The molecule has 0 unspecified atom stereocenters. The predicted molar refractivity (Wildman–Crippen MR) is 72.4 cm³/mol. The number of amides is 2. The molecule has 2 amide bonds. The van der Waals surface area contributed by atoms with Crippen LogP contribution in [0.5, 0.6) is 0 Å². The van der Waals surface area contributed by atoms with Crippen LogP contribution in [0.3, 0.4) is 0 Å². The second-order valence-corrected chi connectivity index (χ2v) is 4.77. The fraction of sp³-hybridized carbons (Fsp3) is 0.462. The van der Waals surface area contributed by atoms with Gasteiger partial charge in [-0.15, -0.1) is 0 Å². The molecule has 2 rings (SSSR count). The molecule has 1 saturated heterocycles. The molecule has 0 radical (unpaired) electrons. The van der Waals surface area contributed by atoms with E-state index in [1.165, 1.54) is 4.90 Å². The highest BCUT2D eigenvalue weighted by Crippen LogP contribution is 2.20. The molecule has 1 fully saturated rings. The Morgan fingerprint density at radius 3 is 2.43 bits per heavy atom. The highest BCUT2D eigenvalue weighted by atomic mass is 19.2. The molecular formula is C13H17F3N4O. The normalized spacial score (nSPS) is 16.1. The number of halogens is 3. The lowest BCUT2D eigenvalue weighted by atomic mass is 10.2. The van der Waals surface area contributed by atoms with Crippen molar-refractivity contribution >= 4 is 11.7 Å². The van der Waals surface area contributed by atoms with Gasteiger partial charge in [0.15, 0.2) is 17.5 Å². The van der Waals surface area contributed by atoms with Crippen LogP contribution in [-0.4, -0.2) is 55.1 Å². The van der Waals surface area contributed by atoms with Gasteiger partial charge in [-0.3, -0.25) is 4.90 Å². The Morgan fingerprint density at radius 1 is 1.14 bits per heavy atom. The van der Waals surface area contributed by atoms with Crippen molar-refractivity contribution in [1.29, 1.82) is 0 Å². The van der Waals surface area contributed by atoms with Crippen LogP contribution in [0.25, 0.3) is 0 Å². The van der Waals surface area contributed by atoms with Gasteiger partial charge in [0.1, 0.15) is 0 Å². The summed E-state index contributed by atoms with van der Waals surface area (Å²) < 4.78 is 39.4. The van der Waals surface area contributed by atoms with Crippen LogP contribution in [0, 0.1) is 17.5 Å². The Kier molecular flexibility index (Phi) is 5.03. The molecule has 0 saturated carbocycles. The summed E-state index contributed by atoms with van der Waals surface area (Å²) in [7, 11) is 0. The standard InChI is InChI=1S/C13H17F3N4O/c14-9-1-2-10(12(16)11(9)15)18-13(21)20-7-5-19(4-3-17)6-8-20/h1-2H,3-8,17H2,(H,18,21). The molecule has 3 N–H and O–H groups in total. The number of hydrogen-bond donors (Lipinski definition) is 2. The van der Waals surface area contributed by atoms with Crippen LogP contribution in [0.15, 0.2) is 12.1 Å². The molecule has 0 aliphatic carbocycles. The van der Waals surface area contributed by atoms with Gasteiger partial charge in [0.05, 0.1) is 5.69 Å². The number of nitrogens with zero attached hydrogens (tertiary/aromatic N) is 2. The van der Waals surface area contributed by atoms with Crippen molar-refractivity contribution in [3.63, 3.8) is 0 Å². The molecule has 1 heterocycles. The lowest BCUT2D eigenvalue weighted by Gasteiger charge is -2.34. The lowest BCUT2D eigenvalue weighted by molar-refractivity contribution is 0.149. The number of carbonyl (C=O) groups excluding carboxylic acids is 1. The summed E-state index contributed by atoms with van der Waals surface area (Å²) in [5.41, 5.74) is 5.08. The Bertz CT molecular complexity index is 518. The van der Waals surface area contributed by atoms with Crippen molar-refractivity contribution in [2.45, 2.75) is 0 Å². The molecule has 116 valence electrons. The van der Waals surface area contributed by atoms with Crippen LogP contribution >= 0.6 is 0 Å². The van der Waals surface area contributed by atoms with E-state index >= 15 is 0 Å². The predicted octanol–water partition coefficient (Wildman–Crippen LogP) is 1.21. The fourth-order valence-electron chi connectivity index (χ4n) is 2.17. The van der Waals surface area contributed by atoms with Gasteiger partial charge >= 0.3 is 6.03 Å². The third-order valence-corrected chi connectivity index (χ3v) is 3.38. The summed E-state index contributed by atoms with van der Waals surface area (Å²) in [6.45, 7) is 3.59. The first-order valence-electron chi connectivity index (χ1n) is 6.64. The third-order valence-electron chi connectivity index (χ3n) is 3.38. The molecule has 0 aromatic heterocycles. The van der Waals surface area contributed by atoms with E-state index in [1.807, 2.05) is 0 Å². The van der Waals surface area contributed by atoms with E-state index in [-0.39, 0.29) is 5.69 Å². The first-order valence-corrected chi connectivity index (χ1v) is 6.64. The summed E-state index contributed by atoms with van der Waals surface area (Å²) >= 11 is 0. The van der Waals surface area contributed by atoms with Gasteiger partial charge in [-0.1, -0.05) is 0 Å². The smallest absolute Gasteiger partial charge is 0.322 e. The maximum Gasteiger partial charge on any atom is 0.322 e. The van der Waals surface area contributed by atoms with Gasteiger partial charge in [-0.2, -0.15) is 0 Å². The Labute approximate surface area is 120 Å². The zero-order valence-corrected chi connectivity index (χ0v) is 11.4. The third kappa shape index (κ3) is 3.64.